The summed E-state index contributed by atoms with van der Waals surface area (Å²) in [5.74, 6) is -0.518. The molecule has 0 aliphatic heterocycles. The number of carbonyl (C=O) groups is 1. The largest absolute Gasteiger partial charge is 0.465 e. The van der Waals surface area contributed by atoms with Gasteiger partial charge in [-0.15, -0.1) is 11.3 Å². The molecule has 0 fully saturated rings. The second-order valence-electron chi connectivity index (χ2n) is 7.40. The van der Waals surface area contributed by atoms with Gasteiger partial charge in [-0.1, -0.05) is 11.8 Å². The van der Waals surface area contributed by atoms with Gasteiger partial charge in [0.25, 0.3) is 0 Å². The van der Waals surface area contributed by atoms with E-state index in [9.17, 15) is 14.3 Å². The second-order valence-corrected chi connectivity index (χ2v) is 9.87. The Kier molecular flexibility index (Phi) is 6.54. The minimum Gasteiger partial charge on any atom is -0.465 e. The highest BCUT2D eigenvalue weighted by Crippen LogP contribution is 2.42. The summed E-state index contributed by atoms with van der Waals surface area (Å²) in [6, 6.07) is 9.17. The quantitative estimate of drug-likeness (QED) is 0.499. The molecule has 0 saturated carbocycles. The van der Waals surface area contributed by atoms with Gasteiger partial charge in [0.15, 0.2) is 0 Å². The van der Waals surface area contributed by atoms with Crippen molar-refractivity contribution in [1.82, 2.24) is 14.9 Å². The van der Waals surface area contributed by atoms with Crippen LogP contribution in [0, 0.1) is 5.95 Å². The average molecular weight is 432 g/mol. The van der Waals surface area contributed by atoms with Gasteiger partial charge >= 0.3 is 6.09 Å². The predicted octanol–water partition coefficient (Wildman–Crippen LogP) is 5.82. The maximum absolute atomic E-state index is 14.4. The molecule has 29 heavy (non-hydrogen) atoms. The fraction of sp³-hybridized carbons (Fsp3) is 0.286. The molecule has 1 N–H and O–H groups in total. The second kappa shape index (κ2) is 8.92. The van der Waals surface area contributed by atoms with Gasteiger partial charge in [0.2, 0.25) is 5.95 Å². The number of hydrogen-bond acceptors (Lipinski definition) is 5. The lowest BCUT2D eigenvalue weighted by atomic mass is 10.1. The first-order valence-corrected chi connectivity index (χ1v) is 10.7. The Morgan fingerprint density at radius 1 is 1.21 bits per heavy atom. The van der Waals surface area contributed by atoms with Crippen LogP contribution in [0.3, 0.4) is 0 Å². The van der Waals surface area contributed by atoms with Crippen molar-refractivity contribution in [2.75, 3.05) is 6.54 Å². The van der Waals surface area contributed by atoms with E-state index in [0.717, 1.165) is 19.5 Å². The van der Waals surface area contributed by atoms with E-state index in [1.54, 1.807) is 35.9 Å². The van der Waals surface area contributed by atoms with Crippen molar-refractivity contribution in [2.45, 2.75) is 41.8 Å². The summed E-state index contributed by atoms with van der Waals surface area (Å²) in [4.78, 5) is 22.8. The Hall–Kier alpha value is -2.45. The summed E-state index contributed by atoms with van der Waals surface area (Å²) < 4.78 is 15.3. The molecule has 3 heterocycles. The van der Waals surface area contributed by atoms with Crippen LogP contribution in [0.5, 0.6) is 0 Å². The molecule has 8 heteroatoms. The van der Waals surface area contributed by atoms with Crippen LogP contribution in [0.2, 0.25) is 0 Å². The lowest BCUT2D eigenvalue weighted by molar-refractivity contribution is 0.101. The van der Waals surface area contributed by atoms with Crippen LogP contribution in [0.1, 0.15) is 25.6 Å². The monoisotopic (exact) mass is 431 g/mol. The molecule has 5 nitrogen and oxygen atoms in total. The van der Waals surface area contributed by atoms with Crippen LogP contribution >= 0.6 is 23.1 Å². The molecule has 3 aromatic rings. The topological polar surface area (TPSA) is 66.3 Å². The summed E-state index contributed by atoms with van der Waals surface area (Å²) in [7, 11) is 0. The molecular formula is C21H22FN3O2S2. The maximum Gasteiger partial charge on any atom is 0.407 e. The minimum atomic E-state index is -0.945. The number of amides is 1. The summed E-state index contributed by atoms with van der Waals surface area (Å²) in [5, 5.41) is 9.52. The number of rotatable bonds is 6. The number of thiophene rings is 1. The Morgan fingerprint density at radius 2 is 1.93 bits per heavy atom. The molecular weight excluding hydrogens is 409 g/mol. The van der Waals surface area contributed by atoms with E-state index >= 15 is 0 Å². The van der Waals surface area contributed by atoms with Gasteiger partial charge in [-0.25, -0.2) is 9.78 Å². The van der Waals surface area contributed by atoms with Crippen LogP contribution in [0.4, 0.5) is 9.18 Å². The molecule has 3 rings (SSSR count). The average Bonchev–Trinajstić information content (AvgIpc) is 3.04. The third kappa shape index (κ3) is 5.33. The van der Waals surface area contributed by atoms with Crippen molar-refractivity contribution in [2.24, 2.45) is 0 Å². The van der Waals surface area contributed by atoms with E-state index in [1.807, 2.05) is 39.0 Å². The van der Waals surface area contributed by atoms with E-state index in [4.69, 9.17) is 0 Å². The molecule has 0 saturated heterocycles. The first-order valence-electron chi connectivity index (χ1n) is 9.08. The van der Waals surface area contributed by atoms with Crippen LogP contribution in [-0.4, -0.2) is 38.2 Å². The summed E-state index contributed by atoms with van der Waals surface area (Å²) >= 11 is 3.09. The van der Waals surface area contributed by atoms with Gasteiger partial charge in [-0.05, 0) is 57.5 Å². The highest BCUT2D eigenvalue weighted by Gasteiger charge is 2.26. The molecule has 0 aromatic carbocycles. The van der Waals surface area contributed by atoms with Gasteiger partial charge in [-0.2, -0.15) is 4.39 Å². The Bertz CT molecular complexity index is 987. The lowest BCUT2D eigenvalue weighted by Crippen LogP contribution is -2.45. The highest BCUT2D eigenvalue weighted by atomic mass is 32.2. The number of halogens is 1. The molecule has 0 aliphatic rings. The Morgan fingerprint density at radius 3 is 2.55 bits per heavy atom. The van der Waals surface area contributed by atoms with Crippen molar-refractivity contribution in [3.8, 4) is 11.1 Å². The van der Waals surface area contributed by atoms with Gasteiger partial charge in [-0.3, -0.25) is 4.98 Å². The van der Waals surface area contributed by atoms with Crippen LogP contribution in [-0.2, 0) is 6.42 Å². The SMILES string of the molecule is CC(C)(C)N(CCc1cc(-c2cccnc2F)c(Sc2ccncc2)s1)C(=O)O. The highest BCUT2D eigenvalue weighted by molar-refractivity contribution is 8.01. The first-order chi connectivity index (χ1) is 13.8. The van der Waals surface area contributed by atoms with Gasteiger partial charge in [0.05, 0.1) is 4.21 Å². The number of nitrogens with zero attached hydrogens (tertiary/aromatic N) is 3. The number of carboxylic acid groups (broad SMARTS) is 1. The first kappa shape index (κ1) is 21.3. The number of pyridine rings is 2. The smallest absolute Gasteiger partial charge is 0.407 e. The molecule has 0 unspecified atom stereocenters. The van der Waals surface area contributed by atoms with Crippen molar-refractivity contribution in [1.29, 1.82) is 0 Å². The summed E-state index contributed by atoms with van der Waals surface area (Å²) in [5.41, 5.74) is 0.725. The molecule has 0 bridgehead atoms. The van der Waals surface area contributed by atoms with Gasteiger partial charge in [0.1, 0.15) is 0 Å². The van der Waals surface area contributed by atoms with E-state index in [1.165, 1.54) is 22.9 Å². The third-order valence-corrected chi connectivity index (χ3v) is 6.68. The van der Waals surface area contributed by atoms with Crippen molar-refractivity contribution < 1.29 is 14.3 Å². The van der Waals surface area contributed by atoms with E-state index in [-0.39, 0.29) is 0 Å². The fourth-order valence-corrected chi connectivity index (χ4v) is 5.26. The van der Waals surface area contributed by atoms with Crippen molar-refractivity contribution in [3.05, 3.63) is 59.7 Å². The van der Waals surface area contributed by atoms with Gasteiger partial charge in [0, 0.05) is 51.6 Å². The van der Waals surface area contributed by atoms with Crippen molar-refractivity contribution >= 4 is 29.2 Å². The Balaban J connectivity index is 1.92. The third-order valence-electron chi connectivity index (χ3n) is 4.28. The molecule has 3 aromatic heterocycles. The zero-order chi connectivity index (χ0) is 21.0. The zero-order valence-electron chi connectivity index (χ0n) is 16.4. The van der Waals surface area contributed by atoms with Crippen LogP contribution in [0.25, 0.3) is 11.1 Å². The Labute approximate surface area is 177 Å². The lowest BCUT2D eigenvalue weighted by Gasteiger charge is -2.33. The predicted molar refractivity (Wildman–Crippen MR) is 114 cm³/mol. The fourth-order valence-electron chi connectivity index (χ4n) is 2.85. The zero-order valence-corrected chi connectivity index (χ0v) is 18.1. The standard InChI is InChI=1S/C21H22FN3O2S2/c1-21(2,3)25(20(26)27)12-8-15-13-17(16-5-4-9-24-18(16)22)19(29-15)28-14-6-10-23-11-7-14/h4-7,9-11,13H,8,12H2,1-3H3,(H,26,27). The molecule has 0 spiro atoms. The van der Waals surface area contributed by atoms with Gasteiger partial charge < -0.3 is 10.0 Å². The van der Waals surface area contributed by atoms with E-state index < -0.39 is 17.6 Å². The number of hydrogen-bond donors (Lipinski definition) is 1. The van der Waals surface area contributed by atoms with Crippen molar-refractivity contribution in [3.63, 3.8) is 0 Å². The normalized spacial score (nSPS) is 11.4. The van der Waals surface area contributed by atoms with Crippen LogP contribution < -0.4 is 0 Å². The summed E-state index contributed by atoms with van der Waals surface area (Å²) in [6.45, 7) is 5.98. The molecule has 0 radical (unpaired) electrons. The van der Waals surface area contributed by atoms with Crippen LogP contribution in [0.15, 0.2) is 58.0 Å². The molecule has 0 atom stereocenters. The molecule has 1 amide bonds. The minimum absolute atomic E-state index is 0.369. The molecule has 0 aliphatic carbocycles. The van der Waals surface area contributed by atoms with E-state index in [0.29, 0.717) is 18.5 Å². The number of aromatic nitrogens is 2. The molecule has 152 valence electrons. The summed E-state index contributed by atoms with van der Waals surface area (Å²) in [6.07, 6.45) is 4.47. The van der Waals surface area contributed by atoms with E-state index in [2.05, 4.69) is 9.97 Å². The maximum atomic E-state index is 14.4.